The van der Waals surface area contributed by atoms with Gasteiger partial charge in [-0.2, -0.15) is 0 Å². The van der Waals surface area contributed by atoms with Gasteiger partial charge in [0.1, 0.15) is 24.1 Å². The number of rotatable bonds is 10. The Morgan fingerprint density at radius 3 is 2.03 bits per heavy atom. The predicted molar refractivity (Wildman–Crippen MR) is 134 cm³/mol. The Morgan fingerprint density at radius 2 is 1.49 bits per heavy atom. The van der Waals surface area contributed by atoms with Crippen molar-refractivity contribution in [2.24, 2.45) is 0 Å². The Hall–Kier alpha value is -2.91. The minimum absolute atomic E-state index is 0.342. The maximum absolute atomic E-state index is 12.6. The van der Waals surface area contributed by atoms with E-state index >= 15 is 0 Å². The maximum atomic E-state index is 12.6. The second kappa shape index (κ2) is 13.3. The Labute approximate surface area is 207 Å². The van der Waals surface area contributed by atoms with Crippen molar-refractivity contribution in [3.8, 4) is 5.75 Å². The number of anilines is 1. The van der Waals surface area contributed by atoms with Gasteiger partial charge >= 0.3 is 6.09 Å². The van der Waals surface area contributed by atoms with Crippen molar-refractivity contribution in [1.82, 2.24) is 0 Å². The normalized spacial score (nSPS) is 24.3. The fourth-order valence-electron chi connectivity index (χ4n) is 3.99. The molecule has 1 saturated heterocycles. The molecule has 2 aromatic carbocycles. The van der Waals surface area contributed by atoms with Crippen molar-refractivity contribution in [2.45, 2.75) is 51.5 Å². The molecule has 8 nitrogen and oxygen atoms in total. The number of amides is 1. The zero-order chi connectivity index (χ0) is 25.2. The van der Waals surface area contributed by atoms with Gasteiger partial charge in [-0.05, 0) is 56.2 Å². The van der Waals surface area contributed by atoms with Crippen molar-refractivity contribution in [3.05, 3.63) is 59.7 Å². The van der Waals surface area contributed by atoms with Crippen LogP contribution in [0.2, 0.25) is 0 Å². The van der Waals surface area contributed by atoms with Crippen LogP contribution in [0.5, 0.6) is 5.75 Å². The predicted octanol–water partition coefficient (Wildman–Crippen LogP) is 4.98. The molecule has 1 aliphatic heterocycles. The lowest BCUT2D eigenvalue weighted by molar-refractivity contribution is -0.292. The molecule has 190 valence electrons. The van der Waals surface area contributed by atoms with E-state index < -0.39 is 24.6 Å². The van der Waals surface area contributed by atoms with E-state index in [0.717, 1.165) is 16.9 Å². The molecule has 3 rings (SSSR count). The number of nitrogens with one attached hydrogen (secondary N) is 1. The minimum atomic E-state index is -0.936. The Bertz CT molecular complexity index is 945. The second-order valence-corrected chi connectivity index (χ2v) is 8.02. The summed E-state index contributed by atoms with van der Waals surface area (Å²) in [6, 6.07) is 15.3. The van der Waals surface area contributed by atoms with Gasteiger partial charge in [-0.25, -0.2) is 4.79 Å². The third-order valence-corrected chi connectivity index (χ3v) is 5.67. The zero-order valence-electron chi connectivity index (χ0n) is 20.9. The molecule has 0 bridgehead atoms. The first-order valence-corrected chi connectivity index (χ1v) is 11.8. The number of carbonyl (C=O) groups is 1. The summed E-state index contributed by atoms with van der Waals surface area (Å²) in [5.41, 5.74) is 2.66. The lowest BCUT2D eigenvalue weighted by atomic mass is 9.99. The van der Waals surface area contributed by atoms with Gasteiger partial charge in [0.2, 0.25) is 6.29 Å². The summed E-state index contributed by atoms with van der Waals surface area (Å²) < 4.78 is 33.8. The van der Waals surface area contributed by atoms with Gasteiger partial charge in [0, 0.05) is 26.5 Å². The van der Waals surface area contributed by atoms with Crippen LogP contribution in [0.25, 0.3) is 12.2 Å². The number of benzene rings is 2. The van der Waals surface area contributed by atoms with Crippen molar-refractivity contribution in [3.63, 3.8) is 0 Å². The third kappa shape index (κ3) is 7.29. The number of carbonyl (C=O) groups excluding carboxylic acids is 1. The Balaban J connectivity index is 1.57. The van der Waals surface area contributed by atoms with Gasteiger partial charge < -0.3 is 28.4 Å². The van der Waals surface area contributed by atoms with E-state index in [2.05, 4.69) is 5.32 Å². The van der Waals surface area contributed by atoms with Crippen molar-refractivity contribution < 1.29 is 33.2 Å². The quantitative estimate of drug-likeness (QED) is 0.475. The van der Waals surface area contributed by atoms with Crippen molar-refractivity contribution >= 4 is 23.9 Å². The molecule has 1 heterocycles. The van der Waals surface area contributed by atoms with E-state index in [0.29, 0.717) is 18.9 Å². The molecule has 5 atom stereocenters. The van der Waals surface area contributed by atoms with Crippen LogP contribution < -0.4 is 10.1 Å². The molecule has 0 spiro atoms. The summed E-state index contributed by atoms with van der Waals surface area (Å²) in [7, 11) is 3.12. The average Bonchev–Trinajstić information content (AvgIpc) is 2.85. The molecule has 1 fully saturated rings. The molecule has 1 amide bonds. The highest BCUT2D eigenvalue weighted by Gasteiger charge is 2.47. The van der Waals surface area contributed by atoms with Crippen LogP contribution in [0.15, 0.2) is 48.5 Å². The first-order chi connectivity index (χ1) is 17.0. The summed E-state index contributed by atoms with van der Waals surface area (Å²) in [4.78, 5) is 12.6. The Morgan fingerprint density at radius 1 is 0.886 bits per heavy atom. The van der Waals surface area contributed by atoms with E-state index in [1.54, 1.807) is 19.2 Å². The Kier molecular flexibility index (Phi) is 10.1. The zero-order valence-corrected chi connectivity index (χ0v) is 20.9. The third-order valence-electron chi connectivity index (χ3n) is 5.67. The number of methoxy groups -OCH3 is 2. The van der Waals surface area contributed by atoms with Crippen LogP contribution in [0.3, 0.4) is 0 Å². The second-order valence-electron chi connectivity index (χ2n) is 8.02. The largest absolute Gasteiger partial charge is 0.494 e. The highest BCUT2D eigenvalue weighted by molar-refractivity contribution is 5.85. The summed E-state index contributed by atoms with van der Waals surface area (Å²) in [6.07, 6.45) is 0.685. The topological polar surface area (TPSA) is 84.5 Å². The van der Waals surface area contributed by atoms with Crippen LogP contribution in [0.1, 0.15) is 31.9 Å². The monoisotopic (exact) mass is 485 g/mol. The lowest BCUT2D eigenvalue weighted by Gasteiger charge is -2.43. The van der Waals surface area contributed by atoms with Crippen LogP contribution in [0, 0.1) is 0 Å². The maximum Gasteiger partial charge on any atom is 0.414 e. The van der Waals surface area contributed by atoms with Crippen LogP contribution in [-0.4, -0.2) is 64.2 Å². The van der Waals surface area contributed by atoms with E-state index in [9.17, 15) is 4.79 Å². The van der Waals surface area contributed by atoms with E-state index in [1.807, 2.05) is 69.3 Å². The van der Waals surface area contributed by atoms with Gasteiger partial charge in [-0.1, -0.05) is 36.4 Å². The lowest BCUT2D eigenvalue weighted by Crippen LogP contribution is -2.60. The van der Waals surface area contributed by atoms with E-state index in [4.69, 9.17) is 28.4 Å². The van der Waals surface area contributed by atoms with Crippen LogP contribution in [0.4, 0.5) is 10.5 Å². The fraction of sp³-hybridized carbons (Fsp3) is 0.444. The van der Waals surface area contributed by atoms with Gasteiger partial charge in [0.05, 0.1) is 12.7 Å². The van der Waals surface area contributed by atoms with Gasteiger partial charge in [-0.15, -0.1) is 0 Å². The van der Waals surface area contributed by atoms with E-state index in [-0.39, 0.29) is 12.2 Å². The molecule has 0 unspecified atom stereocenters. The minimum Gasteiger partial charge on any atom is -0.494 e. The molecule has 1 N–H and O–H groups in total. The summed E-state index contributed by atoms with van der Waals surface area (Å²) in [6.45, 7) is 6.81. The first kappa shape index (κ1) is 26.7. The van der Waals surface area contributed by atoms with Crippen molar-refractivity contribution in [2.75, 3.05) is 32.8 Å². The summed E-state index contributed by atoms with van der Waals surface area (Å²) in [5, 5.41) is 2.73. The highest BCUT2D eigenvalue weighted by Crippen LogP contribution is 2.28. The molecule has 0 aliphatic carbocycles. The average molecular weight is 486 g/mol. The standard InChI is InChI=1S/C27H35NO7/c1-6-32-22-16-12-20(13-17-22)9-8-19-10-14-21(15-11-19)28-27(29)35-26-25(31-5)24(33-7-2)23(30-4)18(3)34-26/h8-18,23-26H,6-7H2,1-5H3,(H,28,29)/b9-8+/t18-,23-,24+,25+,26-/m0/s1. The van der Waals surface area contributed by atoms with E-state index in [1.165, 1.54) is 7.11 Å². The van der Waals surface area contributed by atoms with Crippen LogP contribution in [-0.2, 0) is 23.7 Å². The molecule has 0 saturated carbocycles. The number of ether oxygens (including phenoxy) is 6. The summed E-state index contributed by atoms with van der Waals surface area (Å²) in [5.74, 6) is 0.851. The molecule has 0 aromatic heterocycles. The molecule has 0 radical (unpaired) electrons. The number of hydrogen-bond acceptors (Lipinski definition) is 7. The van der Waals surface area contributed by atoms with Crippen molar-refractivity contribution in [1.29, 1.82) is 0 Å². The first-order valence-electron chi connectivity index (χ1n) is 11.8. The smallest absolute Gasteiger partial charge is 0.414 e. The number of hydrogen-bond donors (Lipinski definition) is 1. The van der Waals surface area contributed by atoms with Gasteiger partial charge in [-0.3, -0.25) is 5.32 Å². The molecule has 1 aliphatic rings. The molecule has 8 heteroatoms. The molecular weight excluding hydrogens is 450 g/mol. The SMILES string of the molecule is CCOc1ccc(/C=C/c2ccc(NC(=O)O[C@@H]3O[C@@H](C)[C@H](OC)[C@@H](OCC)[C@H]3OC)cc2)cc1. The fourth-order valence-corrected chi connectivity index (χ4v) is 3.99. The highest BCUT2D eigenvalue weighted by atomic mass is 16.7. The molecular formula is C27H35NO7. The van der Waals surface area contributed by atoms with Gasteiger partial charge in [0.15, 0.2) is 0 Å². The summed E-state index contributed by atoms with van der Waals surface area (Å²) >= 11 is 0. The van der Waals surface area contributed by atoms with Crippen LogP contribution >= 0.6 is 0 Å². The van der Waals surface area contributed by atoms with Gasteiger partial charge in [0.25, 0.3) is 0 Å². The molecule has 2 aromatic rings. The molecule has 35 heavy (non-hydrogen) atoms.